The van der Waals surface area contributed by atoms with E-state index in [0.29, 0.717) is 41.8 Å². The Kier molecular flexibility index (Phi) is 12.8. The number of hydrogen-bond acceptors (Lipinski definition) is 14. The Hall–Kier alpha value is -7.06. The van der Waals surface area contributed by atoms with Crippen molar-refractivity contribution < 1.29 is 47.7 Å². The number of piperidine rings is 1. The lowest BCUT2D eigenvalue weighted by Gasteiger charge is -2.36. The van der Waals surface area contributed by atoms with Crippen molar-refractivity contribution in [3.05, 3.63) is 124 Å². The second-order valence-electron chi connectivity index (χ2n) is 16.1. The fourth-order valence-corrected chi connectivity index (χ4v) is 9.27. The van der Waals surface area contributed by atoms with Crippen LogP contribution in [0.2, 0.25) is 0 Å². The summed E-state index contributed by atoms with van der Waals surface area (Å²) in [6.45, 7) is 5.49. The summed E-state index contributed by atoms with van der Waals surface area (Å²) in [4.78, 5) is 89.0. The number of piperazine rings is 1. The highest BCUT2D eigenvalue weighted by molar-refractivity contribution is 7.13. The van der Waals surface area contributed by atoms with Crippen LogP contribution in [-0.4, -0.2) is 126 Å². The maximum atomic E-state index is 14.4. The third-order valence-corrected chi connectivity index (χ3v) is 12.8. The Bertz CT molecular complexity index is 2690. The number of hydrogen-bond donors (Lipinski definition) is 4. The van der Waals surface area contributed by atoms with Gasteiger partial charge in [0.15, 0.2) is 5.13 Å². The van der Waals surface area contributed by atoms with E-state index in [1.165, 1.54) is 34.6 Å². The standard InChI is InChI=1S/C47H45FN8O9S/c48-31-8-12-38(57)35(25-31)41(43(60)52-47-49-14-23-66-47)55-26-30-5-4-29(24-34(30)44(55)61)28-6-9-32(10-7-28)54-17-15-53(16-18-54)19-20-64-21-22-65-27-50-36-3-1-2-33-40(36)46(63)56(45(33)62)37-11-13-39(58)51-42(37)59/h1-10,12,14,23-25,37,41,50,57H,11,13,15-22,26-27H2,(H,49,52,60)(H,51,58,59). The first-order chi connectivity index (χ1) is 32.0. The van der Waals surface area contributed by atoms with E-state index in [0.717, 1.165) is 66.6 Å². The molecular weight excluding hydrogens is 872 g/mol. The summed E-state index contributed by atoms with van der Waals surface area (Å²) in [7, 11) is 0. The molecule has 0 radical (unpaired) electrons. The van der Waals surface area contributed by atoms with Crippen molar-refractivity contribution in [2.75, 3.05) is 74.8 Å². The lowest BCUT2D eigenvalue weighted by atomic mass is 10.00. The van der Waals surface area contributed by atoms with Crippen LogP contribution in [0.1, 0.15) is 61.1 Å². The van der Waals surface area contributed by atoms with Gasteiger partial charge < -0.3 is 29.7 Å². The summed E-state index contributed by atoms with van der Waals surface area (Å²) >= 11 is 1.20. The van der Waals surface area contributed by atoms with Gasteiger partial charge in [-0.3, -0.25) is 49.2 Å². The van der Waals surface area contributed by atoms with Crippen molar-refractivity contribution >= 4 is 63.3 Å². The smallest absolute Gasteiger partial charge is 0.264 e. The van der Waals surface area contributed by atoms with Gasteiger partial charge in [0.2, 0.25) is 11.8 Å². The summed E-state index contributed by atoms with van der Waals surface area (Å²) in [6.07, 6.45) is 1.66. The lowest BCUT2D eigenvalue weighted by molar-refractivity contribution is -0.136. The summed E-state index contributed by atoms with van der Waals surface area (Å²) < 4.78 is 25.9. The number of nitrogens with zero attached hydrogens (tertiary/aromatic N) is 5. The van der Waals surface area contributed by atoms with Crippen LogP contribution in [0.25, 0.3) is 11.1 Å². The number of amides is 6. The van der Waals surface area contributed by atoms with Crippen LogP contribution in [-0.2, 0) is 30.4 Å². The zero-order valence-corrected chi connectivity index (χ0v) is 36.4. The number of rotatable bonds is 16. The molecule has 66 heavy (non-hydrogen) atoms. The molecular formula is C47H45FN8O9S. The summed E-state index contributed by atoms with van der Waals surface area (Å²) in [5.41, 5.74) is 4.70. The molecule has 1 aromatic heterocycles. The third kappa shape index (κ3) is 9.10. The van der Waals surface area contributed by atoms with E-state index in [-0.39, 0.29) is 48.6 Å². The van der Waals surface area contributed by atoms with Crippen LogP contribution >= 0.6 is 11.3 Å². The van der Waals surface area contributed by atoms with Gasteiger partial charge in [0, 0.05) is 79.8 Å². The molecule has 0 saturated carbocycles. The molecule has 340 valence electrons. The van der Waals surface area contributed by atoms with E-state index in [2.05, 4.69) is 42.9 Å². The number of anilines is 3. The van der Waals surface area contributed by atoms with Crippen molar-refractivity contribution in [2.24, 2.45) is 0 Å². The average molecular weight is 917 g/mol. The van der Waals surface area contributed by atoms with Gasteiger partial charge in [0.1, 0.15) is 30.4 Å². The third-order valence-electron chi connectivity index (χ3n) is 12.1. The number of phenolic OH excluding ortho intramolecular Hbond substituents is 1. The second-order valence-corrected chi connectivity index (χ2v) is 17.0. The monoisotopic (exact) mass is 916 g/mol. The fourth-order valence-electron chi connectivity index (χ4n) is 8.74. The van der Waals surface area contributed by atoms with Crippen LogP contribution in [0.4, 0.5) is 20.9 Å². The van der Waals surface area contributed by atoms with Crippen LogP contribution < -0.4 is 20.9 Å². The first-order valence-corrected chi connectivity index (χ1v) is 22.4. The summed E-state index contributed by atoms with van der Waals surface area (Å²) in [5.74, 6) is -4.24. The summed E-state index contributed by atoms with van der Waals surface area (Å²) in [6, 6.07) is 19.6. The zero-order chi connectivity index (χ0) is 45.9. The molecule has 4 aliphatic rings. The number of halogens is 1. The topological polar surface area (TPSA) is 203 Å². The molecule has 0 bridgehead atoms. The maximum Gasteiger partial charge on any atom is 0.264 e. The molecule has 2 fully saturated rings. The average Bonchev–Trinajstić information content (AvgIpc) is 4.02. The van der Waals surface area contributed by atoms with E-state index in [9.17, 15) is 38.3 Å². The molecule has 0 spiro atoms. The van der Waals surface area contributed by atoms with Crippen molar-refractivity contribution in [3.63, 3.8) is 0 Å². The van der Waals surface area contributed by atoms with E-state index >= 15 is 0 Å². The highest BCUT2D eigenvalue weighted by Gasteiger charge is 2.46. The lowest BCUT2D eigenvalue weighted by Crippen LogP contribution is -2.54. The van der Waals surface area contributed by atoms with Crippen LogP contribution in [0.15, 0.2) is 90.4 Å². The molecule has 4 aromatic carbocycles. The number of aromatic nitrogens is 1. The molecule has 6 amide bonds. The molecule has 0 aliphatic carbocycles. The Morgan fingerprint density at radius 1 is 0.879 bits per heavy atom. The number of thiazole rings is 1. The van der Waals surface area contributed by atoms with E-state index in [1.807, 2.05) is 30.3 Å². The van der Waals surface area contributed by atoms with Crippen LogP contribution in [0.3, 0.4) is 0 Å². The van der Waals surface area contributed by atoms with Crippen molar-refractivity contribution in [3.8, 4) is 16.9 Å². The minimum Gasteiger partial charge on any atom is -0.508 e. The molecule has 5 heterocycles. The maximum absolute atomic E-state index is 14.4. The fraction of sp³-hybridized carbons (Fsp3) is 0.298. The number of ether oxygens (including phenoxy) is 2. The minimum atomic E-state index is -1.31. The van der Waals surface area contributed by atoms with E-state index in [4.69, 9.17) is 9.47 Å². The SMILES string of the molecule is O=C1CCC(N2C(=O)c3cccc(NCOCCOCCN4CCN(c5ccc(-c6ccc7c(c6)C(=O)N(C(C(=O)Nc6nccs6)c6cc(F)ccc6O)C7)cc5)CC4)c3C2=O)C(=O)N1. The van der Waals surface area contributed by atoms with Crippen LogP contribution in [0.5, 0.6) is 5.75 Å². The van der Waals surface area contributed by atoms with Gasteiger partial charge in [0.05, 0.1) is 30.9 Å². The Morgan fingerprint density at radius 2 is 1.67 bits per heavy atom. The minimum absolute atomic E-state index is 0.0258. The number of nitrogens with one attached hydrogen (secondary N) is 3. The number of benzene rings is 4. The number of phenols is 1. The van der Waals surface area contributed by atoms with E-state index in [1.54, 1.807) is 17.5 Å². The summed E-state index contributed by atoms with van der Waals surface area (Å²) in [5, 5.41) is 20.7. The first kappa shape index (κ1) is 44.2. The van der Waals surface area contributed by atoms with Gasteiger partial charge in [-0.05, 0) is 71.6 Å². The highest BCUT2D eigenvalue weighted by atomic mass is 32.1. The predicted octanol–water partition coefficient (Wildman–Crippen LogP) is 4.62. The predicted molar refractivity (Wildman–Crippen MR) is 240 cm³/mol. The molecule has 19 heteroatoms. The highest BCUT2D eigenvalue weighted by Crippen LogP contribution is 2.38. The molecule has 2 atom stereocenters. The number of imide groups is 2. The molecule has 4 aliphatic heterocycles. The molecule has 4 N–H and O–H groups in total. The van der Waals surface area contributed by atoms with Crippen molar-refractivity contribution in [2.45, 2.75) is 31.5 Å². The Labute approximate surface area is 382 Å². The Morgan fingerprint density at radius 3 is 2.44 bits per heavy atom. The van der Waals surface area contributed by atoms with Crippen LogP contribution in [0, 0.1) is 5.82 Å². The van der Waals surface area contributed by atoms with Gasteiger partial charge in [-0.1, -0.05) is 30.3 Å². The molecule has 2 saturated heterocycles. The van der Waals surface area contributed by atoms with Gasteiger partial charge >= 0.3 is 0 Å². The number of aromatic hydroxyl groups is 1. The molecule has 5 aromatic rings. The number of fused-ring (bicyclic) bond motifs is 2. The normalized spacial score (nSPS) is 17.8. The largest absolute Gasteiger partial charge is 0.508 e. The molecule has 9 rings (SSSR count). The second kappa shape index (κ2) is 19.2. The zero-order valence-electron chi connectivity index (χ0n) is 35.5. The quantitative estimate of drug-likeness (QED) is 0.0608. The number of carbonyl (C=O) groups excluding carboxylic acids is 6. The van der Waals surface area contributed by atoms with Gasteiger partial charge in [-0.15, -0.1) is 11.3 Å². The first-order valence-electron chi connectivity index (χ1n) is 21.5. The van der Waals surface area contributed by atoms with Crippen molar-refractivity contribution in [1.82, 2.24) is 25.0 Å². The van der Waals surface area contributed by atoms with Crippen molar-refractivity contribution in [1.29, 1.82) is 0 Å². The molecule has 2 unspecified atom stereocenters. The number of carbonyl (C=O) groups is 6. The van der Waals surface area contributed by atoms with E-state index < -0.39 is 53.3 Å². The Balaban J connectivity index is 0.713. The van der Waals surface area contributed by atoms with Gasteiger partial charge in [-0.25, -0.2) is 9.37 Å². The van der Waals surface area contributed by atoms with Gasteiger partial charge in [-0.2, -0.15) is 0 Å². The van der Waals surface area contributed by atoms with Gasteiger partial charge in [0.25, 0.3) is 23.6 Å². The molecule has 17 nitrogen and oxygen atoms in total.